The maximum absolute atomic E-state index is 13.0. The number of rotatable bonds is 4. The van der Waals surface area contributed by atoms with E-state index in [0.29, 0.717) is 25.5 Å². The fraction of sp³-hybridized carbons (Fsp3) is 0. The molecule has 4 rings (SSSR count). The number of halogens is 2. The first-order valence-corrected chi connectivity index (χ1v) is 11.7. The van der Waals surface area contributed by atoms with Crippen LogP contribution in [0.3, 0.4) is 0 Å². The van der Waals surface area contributed by atoms with Gasteiger partial charge in [0, 0.05) is 20.7 Å². The molecule has 1 heterocycles. The summed E-state index contributed by atoms with van der Waals surface area (Å²) in [4.78, 5) is 13.4. The van der Waals surface area contributed by atoms with Gasteiger partial charge in [0.15, 0.2) is 0 Å². The quantitative estimate of drug-likeness (QED) is 0.355. The number of hydrogen-bond donors (Lipinski definition) is 0. The average Bonchev–Trinajstić information content (AvgIpc) is 2.73. The summed E-state index contributed by atoms with van der Waals surface area (Å²) in [6.07, 6.45) is 0. The Labute approximate surface area is 187 Å². The molecule has 4 nitrogen and oxygen atoms in total. The number of sulfonamides is 1. The van der Waals surface area contributed by atoms with E-state index in [1.807, 2.05) is 6.07 Å². The molecule has 0 atom stereocenters. The van der Waals surface area contributed by atoms with Gasteiger partial charge in [-0.25, -0.2) is 0 Å². The highest BCUT2D eigenvalue weighted by Gasteiger charge is 2.17. The van der Waals surface area contributed by atoms with E-state index in [1.54, 1.807) is 48.5 Å². The number of carbonyl (C=O) groups is 1. The number of ketones is 1. The summed E-state index contributed by atoms with van der Waals surface area (Å²) in [6.45, 7) is 0. The molecule has 30 heavy (non-hydrogen) atoms. The zero-order valence-electron chi connectivity index (χ0n) is 15.2. The first-order chi connectivity index (χ1) is 14.3. The van der Waals surface area contributed by atoms with Crippen LogP contribution < -0.4 is 5.36 Å². The van der Waals surface area contributed by atoms with Gasteiger partial charge in [-0.2, -0.15) is 12.8 Å². The van der Waals surface area contributed by atoms with Gasteiger partial charge in [0.2, 0.25) is 5.78 Å². The van der Waals surface area contributed by atoms with Crippen LogP contribution in [0.25, 0.3) is 10.1 Å². The maximum Gasteiger partial charge on any atom is 0.282 e. The molecule has 150 valence electrons. The standard InChI is InChI=1S/C22H13Cl2NO3S2/c23-15-11-17(24)21-18(25-30(27,28)16-9-5-2-6-10-16)13-20(29-19(21)12-15)22(26)14-7-3-1-4-8-14/h1-13H. The van der Waals surface area contributed by atoms with Gasteiger partial charge in [-0.05, 0) is 30.3 Å². The molecule has 3 aromatic carbocycles. The Balaban J connectivity index is 2.02. The zero-order valence-corrected chi connectivity index (χ0v) is 18.4. The minimum atomic E-state index is -4.01. The smallest absolute Gasteiger partial charge is 0.282 e. The van der Waals surface area contributed by atoms with Crippen LogP contribution in [0.1, 0.15) is 15.2 Å². The van der Waals surface area contributed by atoms with Gasteiger partial charge in [-0.1, -0.05) is 71.7 Å². The molecule has 0 aliphatic carbocycles. The topological polar surface area (TPSA) is 63.6 Å². The predicted octanol–water partition coefficient (Wildman–Crippen LogP) is 5.73. The molecule has 0 saturated carbocycles. The molecule has 1 aromatic heterocycles. The van der Waals surface area contributed by atoms with Crippen molar-refractivity contribution in [3.63, 3.8) is 0 Å². The monoisotopic (exact) mass is 473 g/mol. The van der Waals surface area contributed by atoms with Crippen LogP contribution in [0, 0.1) is 0 Å². The van der Waals surface area contributed by atoms with Crippen LogP contribution in [0.2, 0.25) is 10.0 Å². The van der Waals surface area contributed by atoms with Crippen molar-refractivity contribution in [2.45, 2.75) is 4.90 Å². The Hall–Kier alpha value is -2.51. The molecule has 0 N–H and O–H groups in total. The molecule has 0 saturated heterocycles. The van der Waals surface area contributed by atoms with Crippen molar-refractivity contribution in [1.29, 1.82) is 0 Å². The van der Waals surface area contributed by atoms with Crippen LogP contribution in [0.5, 0.6) is 0 Å². The molecule has 0 amide bonds. The normalized spacial score (nSPS) is 12.3. The lowest BCUT2D eigenvalue weighted by atomic mass is 10.1. The Morgan fingerprint density at radius 1 is 0.867 bits per heavy atom. The Bertz CT molecular complexity index is 1430. The third-order valence-electron chi connectivity index (χ3n) is 4.28. The summed E-state index contributed by atoms with van der Waals surface area (Å²) in [7, 11) is -4.01. The largest absolute Gasteiger partial charge is 0.288 e. The Morgan fingerprint density at radius 3 is 2.17 bits per heavy atom. The van der Waals surface area contributed by atoms with Gasteiger partial charge in [-0.15, -0.1) is 11.3 Å². The summed E-state index contributed by atoms with van der Waals surface area (Å²) in [5.41, 5.74) is 0.484. The number of fused-ring (bicyclic) bond motifs is 1. The lowest BCUT2D eigenvalue weighted by Crippen LogP contribution is -2.12. The van der Waals surface area contributed by atoms with E-state index in [4.69, 9.17) is 23.2 Å². The van der Waals surface area contributed by atoms with E-state index in [2.05, 4.69) is 4.40 Å². The summed E-state index contributed by atoms with van der Waals surface area (Å²) < 4.78 is 30.3. The van der Waals surface area contributed by atoms with E-state index in [0.717, 1.165) is 0 Å². The van der Waals surface area contributed by atoms with Crippen molar-refractivity contribution >= 4 is 60.4 Å². The third-order valence-corrected chi connectivity index (χ3v) is 7.17. The van der Waals surface area contributed by atoms with Gasteiger partial charge < -0.3 is 0 Å². The van der Waals surface area contributed by atoms with E-state index < -0.39 is 10.0 Å². The molecule has 8 heteroatoms. The highest BCUT2D eigenvalue weighted by Crippen LogP contribution is 2.30. The van der Waals surface area contributed by atoms with Crippen LogP contribution in [0.4, 0.5) is 0 Å². The van der Waals surface area contributed by atoms with Crippen LogP contribution in [-0.4, -0.2) is 14.2 Å². The van der Waals surface area contributed by atoms with Gasteiger partial charge in [0.1, 0.15) is 0 Å². The fourth-order valence-corrected chi connectivity index (χ4v) is 5.75. The maximum atomic E-state index is 13.0. The highest BCUT2D eigenvalue weighted by molar-refractivity contribution is 7.90. The Morgan fingerprint density at radius 2 is 1.50 bits per heavy atom. The highest BCUT2D eigenvalue weighted by atomic mass is 35.5. The molecule has 0 fully saturated rings. The summed E-state index contributed by atoms with van der Waals surface area (Å²) in [5.74, 6) is -0.243. The second-order valence-corrected chi connectivity index (χ2v) is 9.86. The second kappa shape index (κ2) is 8.32. The molecule has 0 unspecified atom stereocenters. The lowest BCUT2D eigenvalue weighted by Gasteiger charge is -2.07. The SMILES string of the molecule is O=C(c1ccccc1)c1cc(=NS(=O)(=O)c2ccccc2)c2c(Cl)cc(Cl)cc2s1. The lowest BCUT2D eigenvalue weighted by molar-refractivity contribution is 0.104. The minimum Gasteiger partial charge on any atom is -0.288 e. The third kappa shape index (κ3) is 4.18. The van der Waals surface area contributed by atoms with Gasteiger partial charge in [0.25, 0.3) is 10.0 Å². The number of nitrogens with zero attached hydrogens (tertiary/aromatic N) is 1. The van der Waals surface area contributed by atoms with Gasteiger partial charge in [0.05, 0.1) is 20.2 Å². The van der Waals surface area contributed by atoms with Crippen molar-refractivity contribution in [2.24, 2.45) is 4.40 Å². The molecular weight excluding hydrogens is 461 g/mol. The molecular formula is C22H13Cl2NO3S2. The Kier molecular flexibility index (Phi) is 5.75. The molecule has 0 aliphatic rings. The second-order valence-electron chi connectivity index (χ2n) is 6.33. The summed E-state index contributed by atoms with van der Waals surface area (Å²) in [5, 5.41) is 1.16. The van der Waals surface area contributed by atoms with Crippen molar-refractivity contribution in [3.8, 4) is 0 Å². The first-order valence-electron chi connectivity index (χ1n) is 8.74. The summed E-state index contributed by atoms with van der Waals surface area (Å²) >= 11 is 13.7. The van der Waals surface area contributed by atoms with Crippen molar-refractivity contribution in [2.75, 3.05) is 0 Å². The van der Waals surface area contributed by atoms with Crippen molar-refractivity contribution < 1.29 is 13.2 Å². The zero-order chi connectivity index (χ0) is 21.3. The molecule has 4 aromatic rings. The fourth-order valence-electron chi connectivity index (χ4n) is 2.91. The predicted molar refractivity (Wildman–Crippen MR) is 121 cm³/mol. The van der Waals surface area contributed by atoms with E-state index in [9.17, 15) is 13.2 Å². The van der Waals surface area contributed by atoms with Crippen molar-refractivity contribution in [1.82, 2.24) is 0 Å². The van der Waals surface area contributed by atoms with Gasteiger partial charge >= 0.3 is 0 Å². The number of hydrogen-bond acceptors (Lipinski definition) is 4. The molecule has 0 radical (unpaired) electrons. The molecule has 0 aliphatic heterocycles. The van der Waals surface area contributed by atoms with E-state index >= 15 is 0 Å². The minimum absolute atomic E-state index is 0.0479. The number of carbonyl (C=O) groups excluding carboxylic acids is 1. The number of benzene rings is 3. The van der Waals surface area contributed by atoms with E-state index in [-0.39, 0.29) is 21.1 Å². The van der Waals surface area contributed by atoms with Crippen LogP contribution >= 0.6 is 34.5 Å². The van der Waals surface area contributed by atoms with E-state index in [1.165, 1.54) is 35.6 Å². The first kappa shape index (κ1) is 20.8. The molecule has 0 bridgehead atoms. The van der Waals surface area contributed by atoms with Crippen LogP contribution in [-0.2, 0) is 10.0 Å². The summed E-state index contributed by atoms with van der Waals surface area (Å²) in [6, 6.07) is 21.2. The van der Waals surface area contributed by atoms with Crippen molar-refractivity contribution in [3.05, 3.63) is 105 Å². The van der Waals surface area contributed by atoms with Gasteiger partial charge in [-0.3, -0.25) is 4.79 Å². The molecule has 0 spiro atoms. The van der Waals surface area contributed by atoms with Crippen LogP contribution in [0.15, 0.2) is 88.2 Å². The average molecular weight is 474 g/mol.